The molecule has 0 fully saturated rings. The van der Waals surface area contributed by atoms with Gasteiger partial charge in [-0.1, -0.05) is 49.1 Å². The Bertz CT molecular complexity index is 1150. The number of benzene rings is 3. The highest BCUT2D eigenvalue weighted by molar-refractivity contribution is 6.13. The lowest BCUT2D eigenvalue weighted by molar-refractivity contribution is 1.19. The number of aliphatic imine (C=N–C) groups is 1. The number of nitrogens with two attached hydrogens (primary N) is 1. The van der Waals surface area contributed by atoms with Crippen LogP contribution in [0.3, 0.4) is 0 Å². The summed E-state index contributed by atoms with van der Waals surface area (Å²) in [6.45, 7) is 8.38. The lowest BCUT2D eigenvalue weighted by atomic mass is 10.0. The number of allylic oxidation sites excluding steroid dienone is 4. The molecule has 3 heteroatoms. The van der Waals surface area contributed by atoms with Crippen LogP contribution in [0.15, 0.2) is 114 Å². The summed E-state index contributed by atoms with van der Waals surface area (Å²) in [5.74, 6) is 0. The normalized spacial score (nSPS) is 14.7. The molecule has 0 aliphatic heterocycles. The van der Waals surface area contributed by atoms with Crippen molar-refractivity contribution in [3.05, 3.63) is 120 Å². The number of nitrogens with zero attached hydrogens (tertiary/aromatic N) is 2. The van der Waals surface area contributed by atoms with E-state index in [4.69, 9.17) is 10.7 Å². The minimum Gasteiger partial charge on any atom is -0.397 e. The molecule has 0 aromatic heterocycles. The van der Waals surface area contributed by atoms with Crippen molar-refractivity contribution in [1.29, 1.82) is 0 Å². The molecule has 0 saturated carbocycles. The second-order valence-electron chi connectivity index (χ2n) is 7.50. The van der Waals surface area contributed by atoms with Gasteiger partial charge in [-0.3, -0.25) is 0 Å². The Kier molecular flexibility index (Phi) is 5.36. The number of hydrogen-bond acceptors (Lipinski definition) is 3. The van der Waals surface area contributed by atoms with Crippen LogP contribution < -0.4 is 10.6 Å². The molecule has 3 nitrogen and oxygen atoms in total. The second kappa shape index (κ2) is 8.26. The van der Waals surface area contributed by atoms with Crippen LogP contribution in [-0.4, -0.2) is 5.71 Å². The molecule has 3 aromatic carbocycles. The Morgan fingerprint density at radius 2 is 1.43 bits per heavy atom. The van der Waals surface area contributed by atoms with Gasteiger partial charge >= 0.3 is 0 Å². The minimum absolute atomic E-state index is 0.650. The molecule has 148 valence electrons. The third kappa shape index (κ3) is 4.11. The highest BCUT2D eigenvalue weighted by atomic mass is 15.1. The predicted molar refractivity (Wildman–Crippen MR) is 129 cm³/mol. The molecule has 0 bridgehead atoms. The first-order valence-corrected chi connectivity index (χ1v) is 9.97. The van der Waals surface area contributed by atoms with Crippen molar-refractivity contribution in [2.75, 3.05) is 10.6 Å². The van der Waals surface area contributed by atoms with Gasteiger partial charge < -0.3 is 10.6 Å². The molecule has 0 saturated heterocycles. The van der Waals surface area contributed by atoms with E-state index in [0.29, 0.717) is 5.69 Å². The van der Waals surface area contributed by atoms with Gasteiger partial charge in [-0.05, 0) is 79.1 Å². The van der Waals surface area contributed by atoms with Crippen LogP contribution in [0, 0.1) is 13.8 Å². The molecule has 4 rings (SSSR count). The Morgan fingerprint density at radius 1 is 0.800 bits per heavy atom. The monoisotopic (exact) mass is 391 g/mol. The first-order chi connectivity index (χ1) is 14.5. The third-order valence-electron chi connectivity index (χ3n) is 5.02. The molecule has 1 aliphatic rings. The largest absolute Gasteiger partial charge is 0.397 e. The van der Waals surface area contributed by atoms with E-state index in [1.165, 1.54) is 11.1 Å². The van der Waals surface area contributed by atoms with Crippen LogP contribution in [0.4, 0.5) is 22.7 Å². The number of anilines is 3. The molecule has 30 heavy (non-hydrogen) atoms. The summed E-state index contributed by atoms with van der Waals surface area (Å²) >= 11 is 0. The molecule has 0 atom stereocenters. The van der Waals surface area contributed by atoms with E-state index in [1.54, 1.807) is 0 Å². The fraction of sp³-hybridized carbons (Fsp3) is 0.0741. The summed E-state index contributed by atoms with van der Waals surface area (Å²) in [5.41, 5.74) is 14.8. The maximum atomic E-state index is 6.11. The fourth-order valence-electron chi connectivity index (χ4n) is 3.50. The van der Waals surface area contributed by atoms with Crippen LogP contribution in [0.2, 0.25) is 0 Å². The zero-order valence-electron chi connectivity index (χ0n) is 17.3. The second-order valence-corrected chi connectivity index (χ2v) is 7.50. The molecule has 1 aliphatic carbocycles. The quantitative estimate of drug-likeness (QED) is 0.497. The van der Waals surface area contributed by atoms with Gasteiger partial charge in [0, 0.05) is 17.1 Å². The van der Waals surface area contributed by atoms with Gasteiger partial charge in [0.15, 0.2) is 0 Å². The number of para-hydroxylation sites is 2. The van der Waals surface area contributed by atoms with Crippen molar-refractivity contribution >= 4 is 28.5 Å². The Labute approximate surface area is 178 Å². The van der Waals surface area contributed by atoms with Gasteiger partial charge in [-0.2, -0.15) is 0 Å². The van der Waals surface area contributed by atoms with Gasteiger partial charge in [0.2, 0.25) is 0 Å². The lowest BCUT2D eigenvalue weighted by Crippen LogP contribution is -2.19. The summed E-state index contributed by atoms with van der Waals surface area (Å²) in [5, 5.41) is 0. The van der Waals surface area contributed by atoms with Crippen molar-refractivity contribution in [2.45, 2.75) is 13.8 Å². The van der Waals surface area contributed by atoms with Crippen LogP contribution in [0.25, 0.3) is 0 Å². The molecule has 3 aromatic rings. The number of aryl methyl sites for hydroxylation is 2. The summed E-state index contributed by atoms with van der Waals surface area (Å²) in [6.07, 6.45) is 6.16. The maximum absolute atomic E-state index is 6.11. The van der Waals surface area contributed by atoms with E-state index in [-0.39, 0.29) is 0 Å². The summed E-state index contributed by atoms with van der Waals surface area (Å²) in [7, 11) is 0. The predicted octanol–water partition coefficient (Wildman–Crippen LogP) is 6.81. The van der Waals surface area contributed by atoms with Gasteiger partial charge in [-0.15, -0.1) is 0 Å². The van der Waals surface area contributed by atoms with Crippen molar-refractivity contribution < 1.29 is 0 Å². The average Bonchev–Trinajstić information content (AvgIpc) is 2.72. The third-order valence-corrected chi connectivity index (χ3v) is 5.02. The molecule has 2 N–H and O–H groups in total. The summed E-state index contributed by atoms with van der Waals surface area (Å²) in [6, 6.07) is 24.6. The average molecular weight is 392 g/mol. The summed E-state index contributed by atoms with van der Waals surface area (Å²) < 4.78 is 0. The van der Waals surface area contributed by atoms with E-state index in [1.807, 2.05) is 30.3 Å². The van der Waals surface area contributed by atoms with Gasteiger partial charge in [0.05, 0.1) is 17.1 Å². The first kappa shape index (κ1) is 19.5. The highest BCUT2D eigenvalue weighted by Gasteiger charge is 2.17. The molecular formula is C27H25N3. The standard InChI is InChI=1S/C27H25N3/c1-19-8-6-10-22(16-19)30(23-11-7-9-20(2)17-23)24-15-14-21(3)27(18-24)29-26-13-5-4-12-25(26)28/h4-18H,3,28H2,1-2H3. The Morgan fingerprint density at radius 3 is 2.03 bits per heavy atom. The van der Waals surface area contributed by atoms with Crippen LogP contribution in [0.5, 0.6) is 0 Å². The van der Waals surface area contributed by atoms with Crippen LogP contribution in [0.1, 0.15) is 11.1 Å². The Hall–Kier alpha value is -3.85. The fourth-order valence-corrected chi connectivity index (χ4v) is 3.50. The van der Waals surface area contributed by atoms with Crippen molar-refractivity contribution in [3.8, 4) is 0 Å². The summed E-state index contributed by atoms with van der Waals surface area (Å²) in [4.78, 5) is 7.03. The van der Waals surface area contributed by atoms with Gasteiger partial charge in [-0.25, -0.2) is 4.99 Å². The highest BCUT2D eigenvalue weighted by Crippen LogP contribution is 2.33. The number of rotatable bonds is 4. The SMILES string of the molecule is C=C1C=CC(N(c2cccc(C)c2)c2cccc(C)c2)=CC1=Nc1ccccc1N. The molecular weight excluding hydrogens is 366 g/mol. The minimum atomic E-state index is 0.650. The van der Waals surface area contributed by atoms with Crippen LogP contribution in [-0.2, 0) is 0 Å². The molecule has 0 radical (unpaired) electrons. The van der Waals surface area contributed by atoms with Crippen LogP contribution >= 0.6 is 0 Å². The molecule has 0 unspecified atom stereocenters. The topological polar surface area (TPSA) is 41.6 Å². The van der Waals surface area contributed by atoms with Gasteiger partial charge in [0.25, 0.3) is 0 Å². The van der Waals surface area contributed by atoms with E-state index in [2.05, 4.69) is 86.0 Å². The van der Waals surface area contributed by atoms with Gasteiger partial charge in [0.1, 0.15) is 0 Å². The maximum Gasteiger partial charge on any atom is 0.0866 e. The molecule has 0 amide bonds. The lowest BCUT2D eigenvalue weighted by Gasteiger charge is -2.28. The van der Waals surface area contributed by atoms with Crippen molar-refractivity contribution in [2.24, 2.45) is 4.99 Å². The van der Waals surface area contributed by atoms with Crippen molar-refractivity contribution in [3.63, 3.8) is 0 Å². The van der Waals surface area contributed by atoms with E-state index in [9.17, 15) is 0 Å². The zero-order valence-corrected chi connectivity index (χ0v) is 17.3. The molecule has 0 heterocycles. The number of nitrogen functional groups attached to an aromatic ring is 1. The number of hydrogen-bond donors (Lipinski definition) is 1. The van der Waals surface area contributed by atoms with E-state index < -0.39 is 0 Å². The molecule has 0 spiro atoms. The van der Waals surface area contributed by atoms with E-state index in [0.717, 1.165) is 34.0 Å². The Balaban J connectivity index is 1.85. The zero-order chi connectivity index (χ0) is 21.1. The smallest absolute Gasteiger partial charge is 0.0866 e. The van der Waals surface area contributed by atoms with E-state index >= 15 is 0 Å². The first-order valence-electron chi connectivity index (χ1n) is 9.97. The van der Waals surface area contributed by atoms with Crippen molar-refractivity contribution in [1.82, 2.24) is 0 Å².